The van der Waals surface area contributed by atoms with Crippen LogP contribution >= 0.6 is 11.6 Å². The lowest BCUT2D eigenvalue weighted by Gasteiger charge is -2.54. The van der Waals surface area contributed by atoms with Gasteiger partial charge in [0.2, 0.25) is 15.9 Å². The Kier molecular flexibility index (Phi) is 4.76. The first kappa shape index (κ1) is 19.8. The van der Waals surface area contributed by atoms with Crippen molar-refractivity contribution in [3.8, 4) is 5.75 Å². The molecule has 2 fully saturated rings. The Morgan fingerprint density at radius 1 is 1.20 bits per heavy atom. The number of carbonyl (C=O) groups excluding carboxylic acids is 1. The second kappa shape index (κ2) is 7.21. The number of fused-ring (bicyclic) bond motifs is 6. The molecule has 0 spiro atoms. The van der Waals surface area contributed by atoms with Gasteiger partial charge < -0.3 is 9.64 Å². The van der Waals surface area contributed by atoms with Gasteiger partial charge in [0, 0.05) is 12.7 Å². The number of benzene rings is 1. The van der Waals surface area contributed by atoms with Crippen molar-refractivity contribution < 1.29 is 17.9 Å². The van der Waals surface area contributed by atoms with E-state index in [0.717, 1.165) is 29.7 Å². The molecule has 0 aliphatic carbocycles. The molecule has 1 aromatic heterocycles. The highest BCUT2D eigenvalue weighted by atomic mass is 35.5. The summed E-state index contributed by atoms with van der Waals surface area (Å²) in [6.07, 6.45) is 4.07. The maximum atomic E-state index is 13.6. The predicted molar refractivity (Wildman–Crippen MR) is 111 cm³/mol. The third-order valence-corrected chi connectivity index (χ3v) is 8.59. The largest absolute Gasteiger partial charge is 0.497 e. The number of halogens is 1. The Balaban J connectivity index is 1.62. The topological polar surface area (TPSA) is 79.8 Å². The molecule has 9 heteroatoms. The summed E-state index contributed by atoms with van der Waals surface area (Å²) in [5.41, 5.74) is 2.12. The van der Waals surface area contributed by atoms with Gasteiger partial charge in [0.25, 0.3) is 0 Å². The van der Waals surface area contributed by atoms with E-state index in [1.807, 2.05) is 23.1 Å². The number of rotatable bonds is 3. The molecule has 2 saturated heterocycles. The molecule has 0 N–H and O–H groups in total. The van der Waals surface area contributed by atoms with E-state index in [9.17, 15) is 13.2 Å². The third kappa shape index (κ3) is 2.92. The van der Waals surface area contributed by atoms with Crippen molar-refractivity contribution in [1.29, 1.82) is 0 Å². The first-order chi connectivity index (χ1) is 14.4. The van der Waals surface area contributed by atoms with Crippen molar-refractivity contribution in [2.24, 2.45) is 0 Å². The number of ether oxygens (including phenoxy) is 1. The van der Waals surface area contributed by atoms with Crippen molar-refractivity contribution >= 4 is 27.5 Å². The minimum Gasteiger partial charge on any atom is -0.497 e. The summed E-state index contributed by atoms with van der Waals surface area (Å²) in [4.78, 5) is 19.3. The molecule has 3 unspecified atom stereocenters. The standard InChI is InChI=1S/C21H22ClN3O4S/c1-29-14-5-7-16-13(11-14)9-10-24-20(16)17-3-2-4-18(21(24)26)25(17)30(27,28)15-6-8-19(22)23-12-15/h5-8,11-12,17-18,20H,2-4,9-10H2,1H3. The van der Waals surface area contributed by atoms with Crippen molar-refractivity contribution in [3.05, 3.63) is 52.8 Å². The van der Waals surface area contributed by atoms with Gasteiger partial charge in [-0.2, -0.15) is 4.31 Å². The minimum absolute atomic E-state index is 0.0656. The highest BCUT2D eigenvalue weighted by Crippen LogP contribution is 2.46. The smallest absolute Gasteiger partial charge is 0.245 e. The maximum Gasteiger partial charge on any atom is 0.245 e. The predicted octanol–water partition coefficient (Wildman–Crippen LogP) is 2.80. The van der Waals surface area contributed by atoms with Gasteiger partial charge in [-0.15, -0.1) is 0 Å². The normalized spacial score (nSPS) is 26.1. The van der Waals surface area contributed by atoms with Gasteiger partial charge in [-0.05, 0) is 61.1 Å². The number of hydrogen-bond acceptors (Lipinski definition) is 5. The van der Waals surface area contributed by atoms with Crippen LogP contribution in [0, 0.1) is 0 Å². The molecule has 158 valence electrons. The summed E-state index contributed by atoms with van der Waals surface area (Å²) in [7, 11) is -2.27. The molecule has 3 aliphatic heterocycles. The second-order valence-electron chi connectivity index (χ2n) is 7.96. The molecule has 30 heavy (non-hydrogen) atoms. The van der Waals surface area contributed by atoms with Crippen LogP contribution in [0.3, 0.4) is 0 Å². The summed E-state index contributed by atoms with van der Waals surface area (Å²) in [6, 6.07) is 7.50. The molecule has 3 atom stereocenters. The van der Waals surface area contributed by atoms with Gasteiger partial charge in [0.05, 0.1) is 19.2 Å². The number of piperazine rings is 1. The second-order valence-corrected chi connectivity index (χ2v) is 10.2. The molecule has 5 rings (SSSR count). The first-order valence-corrected chi connectivity index (χ1v) is 11.9. The summed E-state index contributed by atoms with van der Waals surface area (Å²) in [5, 5.41) is 0.227. The number of amides is 1. The van der Waals surface area contributed by atoms with Crippen molar-refractivity contribution in [3.63, 3.8) is 0 Å². The zero-order valence-corrected chi connectivity index (χ0v) is 18.1. The lowest BCUT2D eigenvalue weighted by atomic mass is 9.80. The lowest BCUT2D eigenvalue weighted by Crippen LogP contribution is -2.67. The summed E-state index contributed by atoms with van der Waals surface area (Å²) >= 11 is 5.85. The molecule has 2 bridgehead atoms. The maximum absolute atomic E-state index is 13.6. The Morgan fingerprint density at radius 3 is 2.77 bits per heavy atom. The van der Waals surface area contributed by atoms with Crippen LogP contribution in [0.1, 0.15) is 36.4 Å². The van der Waals surface area contributed by atoms with Crippen LogP contribution < -0.4 is 4.74 Å². The number of piperidine rings is 1. The van der Waals surface area contributed by atoms with Crippen LogP contribution in [0.5, 0.6) is 5.75 Å². The summed E-state index contributed by atoms with van der Waals surface area (Å²) in [5.74, 6) is 0.658. The summed E-state index contributed by atoms with van der Waals surface area (Å²) < 4.78 is 34.0. The molecule has 1 aromatic carbocycles. The third-order valence-electron chi connectivity index (χ3n) is 6.45. The highest BCUT2D eigenvalue weighted by Gasteiger charge is 2.55. The highest BCUT2D eigenvalue weighted by molar-refractivity contribution is 7.89. The van der Waals surface area contributed by atoms with Gasteiger partial charge in [-0.1, -0.05) is 17.7 Å². The van der Waals surface area contributed by atoms with Crippen LogP contribution in [0.2, 0.25) is 5.15 Å². The van der Waals surface area contributed by atoms with E-state index in [1.165, 1.54) is 22.6 Å². The number of nitrogens with zero attached hydrogens (tertiary/aromatic N) is 3. The van der Waals surface area contributed by atoms with Crippen molar-refractivity contribution in [2.75, 3.05) is 13.7 Å². The molecule has 0 saturated carbocycles. The molecule has 7 nitrogen and oxygen atoms in total. The Morgan fingerprint density at radius 2 is 2.03 bits per heavy atom. The van der Waals surface area contributed by atoms with E-state index in [4.69, 9.17) is 16.3 Å². The summed E-state index contributed by atoms with van der Waals surface area (Å²) in [6.45, 7) is 0.590. The number of methoxy groups -OCH3 is 1. The zero-order chi connectivity index (χ0) is 21.0. The number of hydrogen-bond donors (Lipinski definition) is 0. The quantitative estimate of drug-likeness (QED) is 0.676. The fourth-order valence-corrected chi connectivity index (χ4v) is 7.02. The van der Waals surface area contributed by atoms with Gasteiger partial charge in [-0.25, -0.2) is 13.4 Å². The molecule has 0 radical (unpaired) electrons. The molecular formula is C21H22ClN3O4S. The molecule has 1 amide bonds. The van der Waals surface area contributed by atoms with E-state index in [1.54, 1.807) is 7.11 Å². The number of pyridine rings is 1. The minimum atomic E-state index is -3.90. The van der Waals surface area contributed by atoms with E-state index in [0.29, 0.717) is 19.4 Å². The number of aromatic nitrogens is 1. The van der Waals surface area contributed by atoms with Crippen molar-refractivity contribution in [1.82, 2.24) is 14.2 Å². The Hall–Kier alpha value is -2.16. The zero-order valence-electron chi connectivity index (χ0n) is 16.5. The average Bonchev–Trinajstić information content (AvgIpc) is 2.76. The van der Waals surface area contributed by atoms with Gasteiger partial charge in [-0.3, -0.25) is 4.79 Å². The number of carbonyl (C=O) groups is 1. The van der Waals surface area contributed by atoms with Gasteiger partial charge >= 0.3 is 0 Å². The molecule has 2 aromatic rings. The Labute approximate surface area is 180 Å². The fourth-order valence-electron chi connectivity index (χ4n) is 5.13. The van der Waals surface area contributed by atoms with Crippen LogP contribution in [-0.4, -0.2) is 54.3 Å². The van der Waals surface area contributed by atoms with Gasteiger partial charge in [0.1, 0.15) is 21.8 Å². The first-order valence-electron chi connectivity index (χ1n) is 10.0. The van der Waals surface area contributed by atoms with E-state index in [-0.39, 0.29) is 28.0 Å². The SMILES string of the molecule is COc1ccc2c(c1)CCN1C(=O)C3CCCC(C21)N3S(=O)(=O)c1ccc(Cl)nc1. The lowest BCUT2D eigenvalue weighted by molar-refractivity contribution is -0.150. The Bertz CT molecular complexity index is 1110. The van der Waals surface area contributed by atoms with Crippen LogP contribution in [-0.2, 0) is 21.2 Å². The van der Waals surface area contributed by atoms with E-state index < -0.39 is 16.1 Å². The monoisotopic (exact) mass is 447 g/mol. The number of sulfonamides is 1. The van der Waals surface area contributed by atoms with E-state index in [2.05, 4.69) is 4.98 Å². The van der Waals surface area contributed by atoms with Crippen LogP contribution in [0.4, 0.5) is 0 Å². The fraction of sp³-hybridized carbons (Fsp3) is 0.429. The van der Waals surface area contributed by atoms with Crippen LogP contribution in [0.15, 0.2) is 41.4 Å². The van der Waals surface area contributed by atoms with Crippen molar-refractivity contribution in [2.45, 2.75) is 48.7 Å². The molecule has 4 heterocycles. The van der Waals surface area contributed by atoms with Crippen LogP contribution in [0.25, 0.3) is 0 Å². The molecule has 3 aliphatic rings. The average molecular weight is 448 g/mol. The molecular weight excluding hydrogens is 426 g/mol. The van der Waals surface area contributed by atoms with Gasteiger partial charge in [0.15, 0.2) is 0 Å². The van der Waals surface area contributed by atoms with E-state index >= 15 is 0 Å².